The maximum atomic E-state index is 12.8. The Labute approximate surface area is 562 Å². The molecule has 9 aromatic rings. The first-order chi connectivity index (χ1) is 45.9. The van der Waals surface area contributed by atoms with Gasteiger partial charge in [0.15, 0.2) is 0 Å². The van der Waals surface area contributed by atoms with E-state index in [0.717, 1.165) is 86.5 Å². The molecule has 528 valence electrons. The Balaban J connectivity index is 0.000000240. The first kappa shape index (κ1) is 79.4. The number of nitrogens with two attached hydrogens (primary N) is 2. The number of nitrogens with one attached hydrogen (secondary N) is 1. The fourth-order valence-electron chi connectivity index (χ4n) is 8.91. The molecule has 98 heavy (non-hydrogen) atoms. The van der Waals surface area contributed by atoms with E-state index >= 15 is 0 Å². The number of aliphatic hydroxyl groups excluding tert-OH is 2. The van der Waals surface area contributed by atoms with Crippen molar-refractivity contribution in [1.82, 2.24) is 61.0 Å². The number of carbonyl (C=O) groups is 2. The van der Waals surface area contributed by atoms with Crippen molar-refractivity contribution in [2.24, 2.45) is 23.3 Å². The summed E-state index contributed by atoms with van der Waals surface area (Å²) >= 11 is 0. The molecule has 4 unspecified atom stereocenters. The van der Waals surface area contributed by atoms with Gasteiger partial charge in [-0.05, 0) is 172 Å². The van der Waals surface area contributed by atoms with E-state index in [-0.39, 0.29) is 61.9 Å². The lowest BCUT2D eigenvalue weighted by atomic mass is 9.98. The highest BCUT2D eigenvalue weighted by Gasteiger charge is 2.32. The van der Waals surface area contributed by atoms with Crippen molar-refractivity contribution in [3.8, 4) is 34.2 Å². The second kappa shape index (κ2) is 36.3. The molecule has 29 heteroatoms. The number of ether oxygens (including phenoxy) is 2. The molecule has 0 spiro atoms. The van der Waals surface area contributed by atoms with E-state index in [1.807, 2.05) is 135 Å². The lowest BCUT2D eigenvalue weighted by Crippen LogP contribution is -2.25. The molecule has 20 nitrogen and oxygen atoms in total. The summed E-state index contributed by atoms with van der Waals surface area (Å²) in [6, 6.07) is 37.7. The van der Waals surface area contributed by atoms with Crippen LogP contribution in [-0.4, -0.2) is 120 Å². The van der Waals surface area contributed by atoms with Crippen molar-refractivity contribution in [3.63, 3.8) is 0 Å². The van der Waals surface area contributed by atoms with Crippen LogP contribution in [0.15, 0.2) is 146 Å². The average Bonchev–Trinajstić information content (AvgIpc) is 1.62. The van der Waals surface area contributed by atoms with E-state index in [2.05, 4.69) is 51.4 Å². The third-order valence-corrected chi connectivity index (χ3v) is 13.4. The molecule has 0 amide bonds. The molecule has 0 aliphatic heterocycles. The van der Waals surface area contributed by atoms with Crippen LogP contribution in [0.3, 0.4) is 0 Å². The Bertz CT molecular complexity index is 3850. The van der Waals surface area contributed by atoms with E-state index < -0.39 is 46.4 Å². The van der Waals surface area contributed by atoms with Crippen LogP contribution in [0, 0.1) is 11.8 Å². The number of esters is 2. The van der Waals surface area contributed by atoms with Crippen LogP contribution in [0.4, 0.5) is 39.5 Å². The molecule has 7 N–H and O–H groups in total. The summed E-state index contributed by atoms with van der Waals surface area (Å²) in [6.45, 7) is 19.2. The maximum absolute atomic E-state index is 12.8. The lowest BCUT2D eigenvalue weighted by molar-refractivity contribution is -0.157. The number of halogens is 9. The lowest BCUT2D eigenvalue weighted by Gasteiger charge is -2.20. The summed E-state index contributed by atoms with van der Waals surface area (Å²) in [4.78, 5) is 26.0. The van der Waals surface area contributed by atoms with Gasteiger partial charge in [-0.3, -0.25) is 9.59 Å². The summed E-state index contributed by atoms with van der Waals surface area (Å²) in [5.74, 6) is 0.753. The topological polar surface area (TPSA) is 287 Å². The number of aromatic nitrogens is 12. The van der Waals surface area contributed by atoms with Crippen LogP contribution in [0.1, 0.15) is 132 Å². The van der Waals surface area contributed by atoms with Crippen molar-refractivity contribution < 1.29 is 68.8 Å². The van der Waals surface area contributed by atoms with Gasteiger partial charge in [0.05, 0.1) is 42.8 Å². The maximum Gasteiger partial charge on any atom is 0.416 e. The van der Waals surface area contributed by atoms with Gasteiger partial charge in [-0.15, -0.1) is 30.6 Å². The number of nitrogens with zero attached hydrogens (tertiary/aromatic N) is 11. The molecule has 9 rings (SSSR count). The number of hydrogen-bond acceptors (Lipinski definition) is 17. The van der Waals surface area contributed by atoms with E-state index in [4.69, 9.17) is 31.2 Å². The summed E-state index contributed by atoms with van der Waals surface area (Å²) in [5, 5.41) is 55.6. The van der Waals surface area contributed by atoms with Gasteiger partial charge in [0, 0.05) is 41.8 Å². The highest BCUT2D eigenvalue weighted by atomic mass is 19.4. The van der Waals surface area contributed by atoms with Crippen LogP contribution >= 0.6 is 0 Å². The number of aliphatic hydroxyl groups is 2. The number of H-pyrrole nitrogens is 1. The van der Waals surface area contributed by atoms with Gasteiger partial charge in [-0.25, -0.2) is 0 Å². The van der Waals surface area contributed by atoms with Crippen molar-refractivity contribution in [1.29, 1.82) is 0 Å². The number of rotatable bonds is 19. The normalized spacial score (nSPS) is 12.9. The Kier molecular flexibility index (Phi) is 29.4. The Morgan fingerprint density at radius 1 is 0.459 bits per heavy atom. The quantitative estimate of drug-likeness (QED) is 0.0371. The highest BCUT2D eigenvalue weighted by molar-refractivity contribution is 5.70. The number of hydrogen-bond donors (Lipinski definition) is 5. The minimum Gasteiger partial charge on any atom is -0.460 e. The summed E-state index contributed by atoms with van der Waals surface area (Å²) in [5.41, 5.74) is 15.2. The van der Waals surface area contributed by atoms with Gasteiger partial charge < -0.3 is 31.2 Å². The number of alkyl halides is 9. The molecule has 0 saturated carbocycles. The predicted octanol–water partition coefficient (Wildman–Crippen LogP) is 12.8. The first-order valence-corrected chi connectivity index (χ1v) is 31.1. The van der Waals surface area contributed by atoms with E-state index in [9.17, 15) is 49.1 Å². The van der Waals surface area contributed by atoms with Crippen LogP contribution in [0.25, 0.3) is 34.2 Å². The zero-order valence-electron chi connectivity index (χ0n) is 56.0. The molecule has 6 aromatic carbocycles. The van der Waals surface area contributed by atoms with Gasteiger partial charge in [-0.1, -0.05) is 123 Å². The van der Waals surface area contributed by atoms with E-state index in [0.29, 0.717) is 49.8 Å². The van der Waals surface area contributed by atoms with Gasteiger partial charge in [0.25, 0.3) is 0 Å². The molecular weight excluding hydrogens is 1290 g/mol. The van der Waals surface area contributed by atoms with E-state index in [1.54, 1.807) is 6.92 Å². The molecular formula is C69H83F9N14O6. The highest BCUT2D eigenvalue weighted by Crippen LogP contribution is 2.33. The molecule has 3 aromatic heterocycles. The van der Waals surface area contributed by atoms with Crippen LogP contribution in [-0.2, 0) is 69.9 Å². The largest absolute Gasteiger partial charge is 0.460 e. The smallest absolute Gasteiger partial charge is 0.416 e. The van der Waals surface area contributed by atoms with Gasteiger partial charge >= 0.3 is 30.5 Å². The standard InChI is InChI=1S/C24H27F3N4O2.C18H18F3N5.C15H11F3N4.C9H18O3.C3H9NO/c1-16(13-21(32)33-23(2,3)4)15-31-29-22(28-30-31)20-8-6-5-7-18(20)14-17-9-11-19(12-10-17)24(25,26)27;1-12(22)11-26-24-17(23-25-26)16-5-3-2-4-14(16)10-13-6-8-15(9-7-13)18(19,20)21;16-15(17,18)12-7-5-10(6-8-12)9-11-3-1-2-4-13(11)14-19-21-22-20-14;1-7(6-10)5-8(11)12-9(2,3)4;1-3(4)2-5/h5-12,16H,13-15H2,1-4H3;2-9,12H,10-11,22H2,1H3;1-8H,9H2,(H,19,20,21,22);7,10H,5-6H2,1-4H3;3,5H,2,4H2,1H3. The SMILES string of the molecule is CC(CC(=O)OC(C)(C)C)Cn1nnc(-c2ccccc2Cc2ccc(C(F)(F)F)cc2)n1.CC(CO)CC(=O)OC(C)(C)C.CC(N)CO.CC(N)Cn1nnc(-c2ccccc2Cc2ccc(C(F)(F)F)cc2)n1.FC(F)(F)c1ccc(Cc2ccccc2-c2nn[nH]n2)cc1. The third kappa shape index (κ3) is 28.0. The second-order valence-electron chi connectivity index (χ2n) is 25.3. The van der Waals surface area contributed by atoms with Gasteiger partial charge in [-0.2, -0.15) is 54.3 Å². The second-order valence-corrected chi connectivity index (χ2v) is 25.3. The third-order valence-electron chi connectivity index (χ3n) is 13.4. The van der Waals surface area contributed by atoms with Crippen molar-refractivity contribution in [2.75, 3.05) is 13.2 Å². The van der Waals surface area contributed by atoms with Crippen LogP contribution in [0.5, 0.6) is 0 Å². The summed E-state index contributed by atoms with van der Waals surface area (Å²) in [7, 11) is 0. The van der Waals surface area contributed by atoms with Crippen LogP contribution < -0.4 is 11.5 Å². The fourth-order valence-corrected chi connectivity index (χ4v) is 8.91. The molecule has 0 aliphatic rings. The van der Waals surface area contributed by atoms with E-state index in [1.165, 1.54) is 46.0 Å². The molecule has 0 radical (unpaired) electrons. The van der Waals surface area contributed by atoms with Gasteiger partial charge in [0.1, 0.15) is 11.2 Å². The molecule has 0 saturated heterocycles. The number of tetrazole rings is 3. The zero-order chi connectivity index (χ0) is 72.6. The van der Waals surface area contributed by atoms with Gasteiger partial charge in [0.2, 0.25) is 17.5 Å². The average molecular weight is 1380 g/mol. The van der Waals surface area contributed by atoms with Crippen molar-refractivity contribution in [2.45, 2.75) is 156 Å². The number of benzene rings is 6. The Morgan fingerprint density at radius 2 is 0.786 bits per heavy atom. The Hall–Kier alpha value is -9.32. The molecule has 0 fully saturated rings. The minimum atomic E-state index is -4.36. The number of carbonyl (C=O) groups excluding carboxylic acids is 2. The van der Waals surface area contributed by atoms with Crippen molar-refractivity contribution in [3.05, 3.63) is 196 Å². The molecule has 0 aliphatic carbocycles. The van der Waals surface area contributed by atoms with Crippen molar-refractivity contribution >= 4 is 11.9 Å². The monoisotopic (exact) mass is 1370 g/mol. The summed E-state index contributed by atoms with van der Waals surface area (Å²) in [6.07, 6.45) is -11.1. The fraction of sp³-hybridized carbons (Fsp3) is 0.406. The summed E-state index contributed by atoms with van der Waals surface area (Å²) < 4.78 is 125. The zero-order valence-corrected chi connectivity index (χ0v) is 56.0. The Morgan fingerprint density at radius 3 is 1.08 bits per heavy atom. The first-order valence-electron chi connectivity index (χ1n) is 31.1. The van der Waals surface area contributed by atoms with Crippen LogP contribution in [0.2, 0.25) is 0 Å². The minimum absolute atomic E-state index is 0.0140. The number of aromatic amines is 1. The molecule has 4 atom stereocenters. The molecule has 3 heterocycles. The molecule has 0 bridgehead atoms. The predicted molar refractivity (Wildman–Crippen MR) is 350 cm³/mol.